The first-order chi connectivity index (χ1) is 10.9. The number of hydrogen-bond donors (Lipinski definition) is 0. The fourth-order valence-corrected chi connectivity index (χ4v) is 2.63. The summed E-state index contributed by atoms with van der Waals surface area (Å²) in [5, 5.41) is 0. The third kappa shape index (κ3) is 1.95. The van der Waals surface area contributed by atoms with E-state index < -0.39 is 0 Å². The first-order valence-corrected chi connectivity index (χ1v) is 7.11. The Morgan fingerprint density at radius 1 is 0.864 bits per heavy atom. The van der Waals surface area contributed by atoms with Gasteiger partial charge >= 0.3 is 0 Å². The number of fused-ring (bicyclic) bond motifs is 2. The summed E-state index contributed by atoms with van der Waals surface area (Å²) < 4.78 is 6.00. The van der Waals surface area contributed by atoms with Gasteiger partial charge in [0.15, 0.2) is 11.5 Å². The third-order valence-electron chi connectivity index (χ3n) is 3.67. The highest BCUT2D eigenvalue weighted by Gasteiger charge is 2.25. The van der Waals surface area contributed by atoms with Gasteiger partial charge in [-0.25, -0.2) is 0 Å². The molecule has 1 aromatic heterocycles. The van der Waals surface area contributed by atoms with Gasteiger partial charge in [0.05, 0.1) is 29.0 Å². The molecule has 2 heterocycles. The first kappa shape index (κ1) is 12.7. The maximum Gasteiger partial charge on any atom is 0.151 e. The summed E-state index contributed by atoms with van der Waals surface area (Å²) in [5.41, 5.74) is 3.87. The van der Waals surface area contributed by atoms with Crippen molar-refractivity contribution in [1.29, 1.82) is 0 Å². The van der Waals surface area contributed by atoms with Crippen LogP contribution in [0.1, 0.15) is 5.69 Å². The molecular weight excluding hydrogens is 272 g/mol. The molecule has 106 valence electrons. The molecule has 3 nitrogen and oxygen atoms in total. The second-order valence-corrected chi connectivity index (χ2v) is 5.02. The summed E-state index contributed by atoms with van der Waals surface area (Å²) in [7, 11) is 0. The van der Waals surface area contributed by atoms with Gasteiger partial charge in [0.1, 0.15) is 0 Å². The van der Waals surface area contributed by atoms with Crippen LogP contribution in [0.2, 0.25) is 0 Å². The van der Waals surface area contributed by atoms with Crippen molar-refractivity contribution < 1.29 is 4.74 Å². The second kappa shape index (κ2) is 5.04. The van der Waals surface area contributed by atoms with Crippen LogP contribution < -0.4 is 9.64 Å². The third-order valence-corrected chi connectivity index (χ3v) is 3.67. The quantitative estimate of drug-likeness (QED) is 0.500. The Bertz CT molecular complexity index is 795. The van der Waals surface area contributed by atoms with E-state index in [1.165, 1.54) is 0 Å². The molecule has 0 fully saturated rings. The molecule has 0 bridgehead atoms. The Morgan fingerprint density at radius 2 is 1.50 bits per heavy atom. The Labute approximate surface area is 129 Å². The molecule has 0 N–H and O–H groups in total. The maximum atomic E-state index is 6.00. The Hall–Kier alpha value is -3.07. The van der Waals surface area contributed by atoms with Crippen molar-refractivity contribution in [2.45, 2.75) is 0 Å². The van der Waals surface area contributed by atoms with Gasteiger partial charge in [0.2, 0.25) is 0 Å². The molecule has 0 spiro atoms. The summed E-state index contributed by atoms with van der Waals surface area (Å²) in [6.07, 6.45) is 3.60. The number of ether oxygens (including phenoxy) is 1. The molecule has 0 amide bonds. The van der Waals surface area contributed by atoms with E-state index in [-0.39, 0.29) is 0 Å². The highest BCUT2D eigenvalue weighted by Crippen LogP contribution is 2.49. The summed E-state index contributed by atoms with van der Waals surface area (Å²) in [6.45, 7) is 3.75. The number of anilines is 3. The number of nitrogens with zero attached hydrogens (tertiary/aromatic N) is 2. The lowest BCUT2D eigenvalue weighted by Crippen LogP contribution is -2.15. The SMILES string of the molecule is C=Cc1ccc(N2c3ccccc3Oc3ccccc32)cn1. The second-order valence-electron chi connectivity index (χ2n) is 5.02. The number of aromatic nitrogens is 1. The van der Waals surface area contributed by atoms with Crippen LogP contribution in [0.15, 0.2) is 73.4 Å². The van der Waals surface area contributed by atoms with Gasteiger partial charge in [-0.3, -0.25) is 4.98 Å². The molecule has 4 rings (SSSR count). The van der Waals surface area contributed by atoms with Crippen molar-refractivity contribution in [2.24, 2.45) is 0 Å². The maximum absolute atomic E-state index is 6.00. The van der Waals surface area contributed by atoms with E-state index in [2.05, 4.69) is 16.5 Å². The fraction of sp³-hybridized carbons (Fsp3) is 0. The normalized spacial score (nSPS) is 12.1. The van der Waals surface area contributed by atoms with Crippen molar-refractivity contribution in [3.63, 3.8) is 0 Å². The van der Waals surface area contributed by atoms with Gasteiger partial charge in [-0.05, 0) is 42.5 Å². The number of benzene rings is 2. The van der Waals surface area contributed by atoms with Crippen molar-refractivity contribution in [3.8, 4) is 11.5 Å². The van der Waals surface area contributed by atoms with Gasteiger partial charge in [-0.2, -0.15) is 0 Å². The van der Waals surface area contributed by atoms with Crippen LogP contribution in [0.25, 0.3) is 6.08 Å². The molecule has 1 aliphatic rings. The predicted octanol–water partition coefficient (Wildman–Crippen LogP) is 5.30. The van der Waals surface area contributed by atoms with E-state index in [0.29, 0.717) is 0 Å². The van der Waals surface area contributed by atoms with E-state index >= 15 is 0 Å². The number of hydrogen-bond acceptors (Lipinski definition) is 3. The number of pyridine rings is 1. The van der Waals surface area contributed by atoms with E-state index in [4.69, 9.17) is 4.74 Å². The molecule has 3 aromatic rings. The monoisotopic (exact) mass is 286 g/mol. The molecule has 0 aliphatic carbocycles. The molecule has 0 saturated carbocycles. The summed E-state index contributed by atoms with van der Waals surface area (Å²) >= 11 is 0. The molecule has 1 aliphatic heterocycles. The molecule has 3 heteroatoms. The lowest BCUT2D eigenvalue weighted by atomic mass is 10.1. The van der Waals surface area contributed by atoms with E-state index in [1.54, 1.807) is 6.08 Å². The largest absolute Gasteiger partial charge is 0.453 e. The van der Waals surface area contributed by atoms with Gasteiger partial charge in [0.25, 0.3) is 0 Å². The van der Waals surface area contributed by atoms with E-state index in [9.17, 15) is 0 Å². The molecule has 0 unspecified atom stereocenters. The first-order valence-electron chi connectivity index (χ1n) is 7.11. The van der Waals surface area contributed by atoms with Gasteiger partial charge in [-0.1, -0.05) is 30.8 Å². The zero-order chi connectivity index (χ0) is 14.9. The van der Waals surface area contributed by atoms with Gasteiger partial charge < -0.3 is 9.64 Å². The minimum atomic E-state index is 0.842. The lowest BCUT2D eigenvalue weighted by molar-refractivity contribution is 0.477. The van der Waals surface area contributed by atoms with Crippen LogP contribution in [0.3, 0.4) is 0 Å². The molecule has 22 heavy (non-hydrogen) atoms. The lowest BCUT2D eigenvalue weighted by Gasteiger charge is -2.32. The molecule has 0 saturated heterocycles. The Kier molecular flexibility index (Phi) is 2.90. The minimum Gasteiger partial charge on any atom is -0.453 e. The molecular formula is C19H14N2O. The summed E-state index contributed by atoms with van der Waals surface area (Å²) in [4.78, 5) is 6.58. The van der Waals surface area contributed by atoms with Gasteiger partial charge in [-0.15, -0.1) is 0 Å². The Morgan fingerprint density at radius 3 is 2.05 bits per heavy atom. The van der Waals surface area contributed by atoms with Gasteiger partial charge in [0, 0.05) is 0 Å². The predicted molar refractivity (Wildman–Crippen MR) is 89.1 cm³/mol. The van der Waals surface area contributed by atoms with Crippen molar-refractivity contribution in [3.05, 3.63) is 79.1 Å². The highest BCUT2D eigenvalue weighted by atomic mass is 16.5. The summed E-state index contributed by atoms with van der Waals surface area (Å²) in [5.74, 6) is 1.68. The fourth-order valence-electron chi connectivity index (χ4n) is 2.63. The van der Waals surface area contributed by atoms with Crippen LogP contribution in [0, 0.1) is 0 Å². The minimum absolute atomic E-state index is 0.842. The van der Waals surface area contributed by atoms with Crippen molar-refractivity contribution in [1.82, 2.24) is 4.98 Å². The summed E-state index contributed by atoms with van der Waals surface area (Å²) in [6, 6.07) is 20.0. The van der Waals surface area contributed by atoms with Crippen LogP contribution in [-0.4, -0.2) is 4.98 Å². The van der Waals surface area contributed by atoms with E-state index in [1.807, 2.05) is 66.9 Å². The topological polar surface area (TPSA) is 25.4 Å². The van der Waals surface area contributed by atoms with Crippen LogP contribution in [0.4, 0.5) is 17.1 Å². The van der Waals surface area contributed by atoms with Crippen molar-refractivity contribution >= 4 is 23.1 Å². The van der Waals surface area contributed by atoms with E-state index in [0.717, 1.165) is 34.3 Å². The van der Waals surface area contributed by atoms with Crippen molar-refractivity contribution in [2.75, 3.05) is 4.90 Å². The highest BCUT2D eigenvalue weighted by molar-refractivity contribution is 5.85. The molecule has 2 aromatic carbocycles. The zero-order valence-corrected chi connectivity index (χ0v) is 11.9. The van der Waals surface area contributed by atoms with Crippen LogP contribution in [0.5, 0.6) is 11.5 Å². The molecule has 0 atom stereocenters. The average molecular weight is 286 g/mol. The smallest absolute Gasteiger partial charge is 0.151 e. The average Bonchev–Trinajstić information content (AvgIpc) is 2.60. The molecule has 0 radical (unpaired) electrons. The van der Waals surface area contributed by atoms with Crippen LogP contribution in [-0.2, 0) is 0 Å². The van der Waals surface area contributed by atoms with Crippen LogP contribution >= 0.6 is 0 Å². The standard InChI is InChI=1S/C19H14N2O/c1-2-14-11-12-15(13-20-14)21-16-7-3-5-9-18(16)22-19-10-6-4-8-17(19)21/h2-13H,1H2. The Balaban J connectivity index is 1.92. The number of para-hydroxylation sites is 4. The zero-order valence-electron chi connectivity index (χ0n) is 11.9. The number of rotatable bonds is 2.